The molecule has 6 heteroatoms. The van der Waals surface area contributed by atoms with E-state index in [-0.39, 0.29) is 12.3 Å². The average molecular weight is 346 g/mol. The number of ether oxygens (including phenoxy) is 1. The second kappa shape index (κ2) is 7.39. The van der Waals surface area contributed by atoms with E-state index in [4.69, 9.17) is 28.5 Å². The molecule has 1 amide bonds. The number of terminal acetylenes is 1. The van der Waals surface area contributed by atoms with Crippen molar-refractivity contribution in [2.75, 3.05) is 11.9 Å². The van der Waals surface area contributed by atoms with Gasteiger partial charge in [0.1, 0.15) is 0 Å². The second-order valence-corrected chi connectivity index (χ2v) is 4.99. The third kappa shape index (κ3) is 4.43. The Labute approximate surface area is 125 Å². The van der Waals surface area contributed by atoms with Crippen LogP contribution < -0.4 is 15.8 Å². The molecule has 1 aromatic rings. The summed E-state index contributed by atoms with van der Waals surface area (Å²) in [6.45, 7) is 2.30. The van der Waals surface area contributed by atoms with Crippen LogP contribution >= 0.6 is 27.5 Å². The van der Waals surface area contributed by atoms with Crippen molar-refractivity contribution in [2.45, 2.75) is 19.4 Å². The second-order valence-electron chi connectivity index (χ2n) is 3.70. The van der Waals surface area contributed by atoms with Crippen molar-refractivity contribution in [1.82, 2.24) is 0 Å². The summed E-state index contributed by atoms with van der Waals surface area (Å²) in [5, 5.41) is 3.13. The van der Waals surface area contributed by atoms with E-state index >= 15 is 0 Å². The van der Waals surface area contributed by atoms with Crippen molar-refractivity contribution in [1.29, 1.82) is 0 Å². The van der Waals surface area contributed by atoms with Gasteiger partial charge >= 0.3 is 0 Å². The lowest BCUT2D eigenvalue weighted by molar-refractivity contribution is -0.117. The minimum absolute atomic E-state index is 0.164. The fourth-order valence-corrected chi connectivity index (χ4v) is 2.31. The van der Waals surface area contributed by atoms with Gasteiger partial charge in [-0.15, -0.1) is 12.3 Å². The van der Waals surface area contributed by atoms with E-state index in [0.717, 1.165) is 0 Å². The van der Waals surface area contributed by atoms with Crippen LogP contribution in [0.5, 0.6) is 5.75 Å². The normalized spacial score (nSPS) is 11.5. The highest BCUT2D eigenvalue weighted by atomic mass is 79.9. The summed E-state index contributed by atoms with van der Waals surface area (Å²) >= 11 is 9.28. The zero-order valence-electron chi connectivity index (χ0n) is 10.4. The molecule has 0 bridgehead atoms. The van der Waals surface area contributed by atoms with Gasteiger partial charge in [0.2, 0.25) is 5.91 Å². The fraction of sp³-hybridized carbons (Fsp3) is 0.308. The number of nitrogens with two attached hydrogens (primary N) is 1. The van der Waals surface area contributed by atoms with E-state index in [1.54, 1.807) is 12.1 Å². The topological polar surface area (TPSA) is 64.4 Å². The molecule has 4 nitrogen and oxygen atoms in total. The Hall–Kier alpha value is -1.22. The Bertz CT molecular complexity index is 514. The van der Waals surface area contributed by atoms with Crippen LogP contribution in [0, 0.1) is 12.3 Å². The van der Waals surface area contributed by atoms with Crippen LogP contribution in [0.4, 0.5) is 5.69 Å². The van der Waals surface area contributed by atoms with Gasteiger partial charge in [0.05, 0.1) is 22.8 Å². The molecule has 0 fully saturated rings. The molecule has 0 heterocycles. The molecule has 0 saturated heterocycles. The van der Waals surface area contributed by atoms with Crippen LogP contribution in [0.15, 0.2) is 16.6 Å². The molecule has 0 spiro atoms. The third-order valence-corrected chi connectivity index (χ3v) is 3.04. The number of hydrogen-bond donors (Lipinski definition) is 2. The van der Waals surface area contributed by atoms with Crippen LogP contribution in [-0.2, 0) is 4.79 Å². The lowest BCUT2D eigenvalue weighted by Crippen LogP contribution is -2.35. The fourth-order valence-electron chi connectivity index (χ4n) is 1.39. The van der Waals surface area contributed by atoms with Gasteiger partial charge in [0, 0.05) is 11.4 Å². The van der Waals surface area contributed by atoms with Gasteiger partial charge in [0.25, 0.3) is 0 Å². The van der Waals surface area contributed by atoms with Crippen LogP contribution in [0.25, 0.3) is 0 Å². The maximum atomic E-state index is 11.8. The van der Waals surface area contributed by atoms with Crippen molar-refractivity contribution < 1.29 is 9.53 Å². The number of benzene rings is 1. The van der Waals surface area contributed by atoms with Gasteiger partial charge in [-0.1, -0.05) is 11.6 Å². The molecule has 19 heavy (non-hydrogen) atoms. The quantitative estimate of drug-likeness (QED) is 0.807. The van der Waals surface area contributed by atoms with Crippen molar-refractivity contribution in [3.05, 3.63) is 21.6 Å². The van der Waals surface area contributed by atoms with Crippen LogP contribution in [-0.4, -0.2) is 18.6 Å². The largest absolute Gasteiger partial charge is 0.491 e. The first-order valence-electron chi connectivity index (χ1n) is 5.61. The van der Waals surface area contributed by atoms with E-state index < -0.39 is 6.04 Å². The molecule has 102 valence electrons. The number of carbonyl (C=O) groups excluding carboxylic acids is 1. The van der Waals surface area contributed by atoms with Gasteiger partial charge in [-0.3, -0.25) is 4.79 Å². The third-order valence-electron chi connectivity index (χ3n) is 2.23. The number of rotatable bonds is 5. The van der Waals surface area contributed by atoms with Crippen molar-refractivity contribution in [3.63, 3.8) is 0 Å². The monoisotopic (exact) mass is 344 g/mol. The Kier molecular flexibility index (Phi) is 6.16. The molecule has 0 radical (unpaired) electrons. The van der Waals surface area contributed by atoms with Crippen LogP contribution in [0.2, 0.25) is 5.02 Å². The van der Waals surface area contributed by atoms with Crippen LogP contribution in [0.1, 0.15) is 13.3 Å². The van der Waals surface area contributed by atoms with Crippen molar-refractivity contribution >= 4 is 39.1 Å². The van der Waals surface area contributed by atoms with E-state index in [1.807, 2.05) is 6.92 Å². The first-order chi connectivity index (χ1) is 8.99. The van der Waals surface area contributed by atoms with Crippen molar-refractivity contribution in [3.8, 4) is 18.1 Å². The Balaban J connectivity index is 2.99. The highest BCUT2D eigenvalue weighted by Crippen LogP contribution is 2.36. The minimum atomic E-state index is -0.766. The molecule has 1 atom stereocenters. The molecule has 3 N–H and O–H groups in total. The molecule has 0 saturated carbocycles. The summed E-state index contributed by atoms with van der Waals surface area (Å²) in [4.78, 5) is 11.8. The molecule has 1 rings (SSSR count). The maximum Gasteiger partial charge on any atom is 0.242 e. The molecular formula is C13H14BrClN2O2. The van der Waals surface area contributed by atoms with Gasteiger partial charge in [-0.25, -0.2) is 0 Å². The van der Waals surface area contributed by atoms with Gasteiger partial charge < -0.3 is 15.8 Å². The molecular weight excluding hydrogens is 332 g/mol. The summed E-state index contributed by atoms with van der Waals surface area (Å²) in [5.41, 5.74) is 6.09. The predicted octanol–water partition coefficient (Wildman–Crippen LogP) is 2.79. The lowest BCUT2D eigenvalue weighted by atomic mass is 10.2. The maximum absolute atomic E-state index is 11.8. The first kappa shape index (κ1) is 15.8. The number of halogens is 2. The summed E-state index contributed by atoms with van der Waals surface area (Å²) in [6.07, 6.45) is 5.29. The van der Waals surface area contributed by atoms with Crippen LogP contribution in [0.3, 0.4) is 0 Å². The molecule has 1 unspecified atom stereocenters. The summed E-state index contributed by atoms with van der Waals surface area (Å²) in [7, 11) is 0. The zero-order valence-corrected chi connectivity index (χ0v) is 12.7. The van der Waals surface area contributed by atoms with E-state index in [0.29, 0.717) is 27.5 Å². The zero-order chi connectivity index (χ0) is 14.4. The first-order valence-corrected chi connectivity index (χ1v) is 6.78. The lowest BCUT2D eigenvalue weighted by Gasteiger charge is -2.15. The van der Waals surface area contributed by atoms with E-state index in [1.165, 1.54) is 0 Å². The predicted molar refractivity (Wildman–Crippen MR) is 80.4 cm³/mol. The number of anilines is 1. The number of nitrogens with one attached hydrogen (secondary N) is 1. The highest BCUT2D eigenvalue weighted by Gasteiger charge is 2.17. The van der Waals surface area contributed by atoms with Crippen molar-refractivity contribution in [2.24, 2.45) is 5.73 Å². The summed E-state index contributed by atoms with van der Waals surface area (Å²) in [5.74, 6) is 2.47. The molecule has 0 aliphatic rings. The highest BCUT2D eigenvalue weighted by molar-refractivity contribution is 9.10. The molecule has 0 aliphatic carbocycles. The SMILES string of the molecule is C#CCC(N)C(=O)Nc1cc(Cl)cc(Br)c1OCC. The Morgan fingerprint density at radius 3 is 2.95 bits per heavy atom. The Morgan fingerprint density at radius 1 is 1.68 bits per heavy atom. The number of hydrogen-bond acceptors (Lipinski definition) is 3. The molecule has 0 aromatic heterocycles. The van der Waals surface area contributed by atoms with Gasteiger partial charge in [-0.2, -0.15) is 0 Å². The smallest absolute Gasteiger partial charge is 0.242 e. The van der Waals surface area contributed by atoms with E-state index in [2.05, 4.69) is 27.2 Å². The van der Waals surface area contributed by atoms with Gasteiger partial charge in [-0.05, 0) is 35.0 Å². The molecule has 0 aliphatic heterocycles. The Morgan fingerprint density at radius 2 is 2.37 bits per heavy atom. The summed E-state index contributed by atoms with van der Waals surface area (Å²) < 4.78 is 6.12. The standard InChI is InChI=1S/C13H14BrClN2O2/c1-3-5-10(16)13(18)17-11-7-8(15)6-9(14)12(11)19-4-2/h1,6-7,10H,4-5,16H2,2H3,(H,17,18). The number of carbonyl (C=O) groups is 1. The van der Waals surface area contributed by atoms with Gasteiger partial charge in [0.15, 0.2) is 5.75 Å². The number of amides is 1. The average Bonchev–Trinajstić information content (AvgIpc) is 2.33. The molecule has 1 aromatic carbocycles. The summed E-state index contributed by atoms with van der Waals surface area (Å²) in [6, 6.07) is 2.51. The minimum Gasteiger partial charge on any atom is -0.491 e. The van der Waals surface area contributed by atoms with E-state index in [9.17, 15) is 4.79 Å².